The van der Waals surface area contributed by atoms with E-state index in [0.717, 1.165) is 44.2 Å². The molecule has 0 aliphatic heterocycles. The summed E-state index contributed by atoms with van der Waals surface area (Å²) in [6, 6.07) is 1.88. The fourth-order valence-electron chi connectivity index (χ4n) is 1.88. The van der Waals surface area contributed by atoms with E-state index < -0.39 is 0 Å². The zero-order chi connectivity index (χ0) is 16.4. The molecule has 1 N–H and O–H groups in total. The monoisotopic (exact) mass is 309 g/mol. The van der Waals surface area contributed by atoms with Crippen LogP contribution in [-0.2, 0) is 11.2 Å². The Labute approximate surface area is 134 Å². The lowest BCUT2D eigenvalue weighted by atomic mass is 10.1. The maximum atomic E-state index is 5.76. The Morgan fingerprint density at radius 3 is 2.55 bits per heavy atom. The summed E-state index contributed by atoms with van der Waals surface area (Å²) in [4.78, 5) is 9.08. The molecule has 0 saturated carbocycles. The molecule has 0 aromatic carbocycles. The molecule has 126 valence electrons. The van der Waals surface area contributed by atoms with Crippen molar-refractivity contribution >= 4 is 5.82 Å². The molecule has 1 rings (SSSR count). The van der Waals surface area contributed by atoms with Crippen LogP contribution >= 0.6 is 0 Å². The van der Waals surface area contributed by atoms with Gasteiger partial charge in [0, 0.05) is 32.2 Å². The van der Waals surface area contributed by atoms with Crippen LogP contribution < -0.4 is 10.1 Å². The Bertz CT molecular complexity index is 422. The zero-order valence-electron chi connectivity index (χ0n) is 14.7. The van der Waals surface area contributed by atoms with Crippen molar-refractivity contribution < 1.29 is 9.47 Å². The quantitative estimate of drug-likeness (QED) is 0.634. The molecule has 0 unspecified atom stereocenters. The summed E-state index contributed by atoms with van der Waals surface area (Å²) in [5.74, 6) is 3.33. The molecule has 0 aliphatic rings. The van der Waals surface area contributed by atoms with E-state index in [2.05, 4.69) is 43.0 Å². The number of nitrogens with zero attached hydrogens (tertiary/aromatic N) is 2. The van der Waals surface area contributed by atoms with Gasteiger partial charge in [-0.15, -0.1) is 0 Å². The highest BCUT2D eigenvalue weighted by Crippen LogP contribution is 2.16. The molecule has 0 fully saturated rings. The summed E-state index contributed by atoms with van der Waals surface area (Å²) in [7, 11) is 0. The largest absolute Gasteiger partial charge is 0.477 e. The van der Waals surface area contributed by atoms with Gasteiger partial charge in [0.25, 0.3) is 0 Å². The molecule has 1 heterocycles. The Balaban J connectivity index is 2.65. The third-order valence-corrected chi connectivity index (χ3v) is 2.88. The van der Waals surface area contributed by atoms with Crippen LogP contribution in [0.25, 0.3) is 0 Å². The normalized spacial score (nSPS) is 11.2. The predicted octanol–water partition coefficient (Wildman–Crippen LogP) is 3.55. The van der Waals surface area contributed by atoms with Gasteiger partial charge in [-0.1, -0.05) is 27.7 Å². The molecule has 0 bridgehead atoms. The van der Waals surface area contributed by atoms with Crippen LogP contribution in [0.15, 0.2) is 6.07 Å². The number of hydrogen-bond donors (Lipinski definition) is 1. The molecule has 0 amide bonds. The number of nitrogens with one attached hydrogen (secondary N) is 1. The van der Waals surface area contributed by atoms with E-state index in [1.54, 1.807) is 0 Å². The predicted molar refractivity (Wildman–Crippen MR) is 90.5 cm³/mol. The highest BCUT2D eigenvalue weighted by molar-refractivity contribution is 5.38. The third kappa shape index (κ3) is 8.17. The van der Waals surface area contributed by atoms with Gasteiger partial charge < -0.3 is 14.8 Å². The Hall–Kier alpha value is -1.36. The molecule has 5 nitrogen and oxygen atoms in total. The Morgan fingerprint density at radius 2 is 1.91 bits per heavy atom. The van der Waals surface area contributed by atoms with Crippen molar-refractivity contribution in [2.75, 3.05) is 31.7 Å². The standard InChI is InChI=1S/C17H31N3O2/c1-6-21-9-7-8-18-15-11-17(22-12-14(4)5)20-16(19-15)10-13(2)3/h11,13-14H,6-10,12H2,1-5H3,(H,18,19,20). The van der Waals surface area contributed by atoms with Crippen molar-refractivity contribution in [3.63, 3.8) is 0 Å². The fourth-order valence-corrected chi connectivity index (χ4v) is 1.88. The third-order valence-electron chi connectivity index (χ3n) is 2.88. The molecule has 0 saturated heterocycles. The van der Waals surface area contributed by atoms with Crippen LogP contribution in [0.2, 0.25) is 0 Å². The van der Waals surface area contributed by atoms with Gasteiger partial charge in [-0.25, -0.2) is 4.98 Å². The average Bonchev–Trinajstić information content (AvgIpc) is 2.44. The second kappa shape index (κ2) is 10.4. The Morgan fingerprint density at radius 1 is 1.14 bits per heavy atom. The topological polar surface area (TPSA) is 56.3 Å². The second-order valence-electron chi connectivity index (χ2n) is 6.29. The van der Waals surface area contributed by atoms with E-state index in [1.165, 1.54) is 0 Å². The van der Waals surface area contributed by atoms with Crippen LogP contribution in [0.3, 0.4) is 0 Å². The zero-order valence-corrected chi connectivity index (χ0v) is 14.7. The second-order valence-corrected chi connectivity index (χ2v) is 6.29. The molecule has 1 aromatic rings. The lowest BCUT2D eigenvalue weighted by molar-refractivity contribution is 0.147. The molecule has 1 aromatic heterocycles. The summed E-state index contributed by atoms with van der Waals surface area (Å²) < 4.78 is 11.1. The summed E-state index contributed by atoms with van der Waals surface area (Å²) in [6.45, 7) is 13.6. The van der Waals surface area contributed by atoms with Crippen LogP contribution in [0.4, 0.5) is 5.82 Å². The SMILES string of the molecule is CCOCCCNc1cc(OCC(C)C)nc(CC(C)C)n1. The van der Waals surface area contributed by atoms with Gasteiger partial charge in [0.2, 0.25) is 5.88 Å². The van der Waals surface area contributed by atoms with Crippen molar-refractivity contribution in [2.24, 2.45) is 11.8 Å². The maximum absolute atomic E-state index is 5.76. The molecular weight excluding hydrogens is 278 g/mol. The van der Waals surface area contributed by atoms with Crippen molar-refractivity contribution in [3.05, 3.63) is 11.9 Å². The average molecular weight is 309 g/mol. The number of anilines is 1. The first-order valence-corrected chi connectivity index (χ1v) is 8.33. The van der Waals surface area contributed by atoms with Crippen LogP contribution in [0.1, 0.15) is 46.9 Å². The van der Waals surface area contributed by atoms with Gasteiger partial charge in [-0.2, -0.15) is 4.98 Å². The van der Waals surface area contributed by atoms with E-state index in [1.807, 2.05) is 13.0 Å². The van der Waals surface area contributed by atoms with Crippen molar-refractivity contribution in [3.8, 4) is 5.88 Å². The minimum atomic E-state index is 0.478. The van der Waals surface area contributed by atoms with Gasteiger partial charge in [-0.05, 0) is 25.2 Å². The maximum Gasteiger partial charge on any atom is 0.218 e. The summed E-state index contributed by atoms with van der Waals surface area (Å²) >= 11 is 0. The van der Waals surface area contributed by atoms with Crippen molar-refractivity contribution in [1.82, 2.24) is 9.97 Å². The van der Waals surface area contributed by atoms with Gasteiger partial charge >= 0.3 is 0 Å². The smallest absolute Gasteiger partial charge is 0.218 e. The molecule has 0 aliphatic carbocycles. The van der Waals surface area contributed by atoms with Gasteiger partial charge in [0.1, 0.15) is 11.6 Å². The highest BCUT2D eigenvalue weighted by atomic mass is 16.5. The first-order chi connectivity index (χ1) is 10.5. The molecule has 0 atom stereocenters. The van der Waals surface area contributed by atoms with E-state index >= 15 is 0 Å². The Kier molecular flexibility index (Phi) is 8.82. The van der Waals surface area contributed by atoms with Crippen molar-refractivity contribution in [1.29, 1.82) is 0 Å². The molecular formula is C17H31N3O2. The minimum Gasteiger partial charge on any atom is -0.477 e. The molecule has 5 heteroatoms. The molecule has 0 spiro atoms. The van der Waals surface area contributed by atoms with Crippen LogP contribution in [-0.4, -0.2) is 36.3 Å². The van der Waals surface area contributed by atoms with Gasteiger partial charge in [0.05, 0.1) is 6.61 Å². The number of hydrogen-bond acceptors (Lipinski definition) is 5. The fraction of sp³-hybridized carbons (Fsp3) is 0.765. The molecule has 22 heavy (non-hydrogen) atoms. The highest BCUT2D eigenvalue weighted by Gasteiger charge is 2.08. The summed E-state index contributed by atoms with van der Waals surface area (Å²) in [5.41, 5.74) is 0. The minimum absolute atomic E-state index is 0.478. The van der Waals surface area contributed by atoms with E-state index in [9.17, 15) is 0 Å². The summed E-state index contributed by atoms with van der Waals surface area (Å²) in [6.07, 6.45) is 1.81. The lowest BCUT2D eigenvalue weighted by Gasteiger charge is -2.13. The van der Waals surface area contributed by atoms with Gasteiger partial charge in [-0.3, -0.25) is 0 Å². The van der Waals surface area contributed by atoms with E-state index in [0.29, 0.717) is 24.3 Å². The number of aromatic nitrogens is 2. The van der Waals surface area contributed by atoms with E-state index in [4.69, 9.17) is 9.47 Å². The van der Waals surface area contributed by atoms with E-state index in [-0.39, 0.29) is 0 Å². The first-order valence-electron chi connectivity index (χ1n) is 8.33. The van der Waals surface area contributed by atoms with Crippen molar-refractivity contribution in [2.45, 2.75) is 47.5 Å². The van der Waals surface area contributed by atoms with Gasteiger partial charge in [0.15, 0.2) is 0 Å². The lowest BCUT2D eigenvalue weighted by Crippen LogP contribution is -2.12. The van der Waals surface area contributed by atoms with Crippen LogP contribution in [0, 0.1) is 11.8 Å². The van der Waals surface area contributed by atoms with Crippen LogP contribution in [0.5, 0.6) is 5.88 Å². The first kappa shape index (κ1) is 18.7. The molecule has 0 radical (unpaired) electrons. The number of rotatable bonds is 11. The number of ether oxygens (including phenoxy) is 2. The summed E-state index contributed by atoms with van der Waals surface area (Å²) in [5, 5.41) is 3.33.